The standard InChI is InChI=1S/C19H28O2/c1-14(2)6-11-18-9-5-10-19(17(18)21,13-7-15(3)4)16(20)8-12-18/h6-7H,5,8-13H2,1-4H3. The Kier molecular flexibility index (Phi) is 4.55. The third kappa shape index (κ3) is 2.90. The lowest BCUT2D eigenvalue weighted by molar-refractivity contribution is -0.158. The summed E-state index contributed by atoms with van der Waals surface area (Å²) in [4.78, 5) is 25.8. The molecule has 0 heterocycles. The summed E-state index contributed by atoms with van der Waals surface area (Å²) in [6.45, 7) is 8.23. The van der Waals surface area contributed by atoms with E-state index in [-0.39, 0.29) is 17.0 Å². The largest absolute Gasteiger partial charge is 0.299 e. The zero-order valence-corrected chi connectivity index (χ0v) is 13.9. The van der Waals surface area contributed by atoms with Gasteiger partial charge in [0.1, 0.15) is 5.78 Å². The number of hydrogen-bond donors (Lipinski definition) is 0. The predicted molar refractivity (Wildman–Crippen MR) is 86.1 cm³/mol. The van der Waals surface area contributed by atoms with Crippen molar-refractivity contribution in [2.75, 3.05) is 0 Å². The Morgan fingerprint density at radius 3 is 2.19 bits per heavy atom. The van der Waals surface area contributed by atoms with E-state index in [1.165, 1.54) is 11.1 Å². The number of fused-ring (bicyclic) bond motifs is 2. The molecule has 2 saturated carbocycles. The third-order valence-electron chi connectivity index (χ3n) is 5.30. The van der Waals surface area contributed by atoms with Crippen LogP contribution in [0.3, 0.4) is 0 Å². The Morgan fingerprint density at radius 1 is 0.952 bits per heavy atom. The zero-order chi connectivity index (χ0) is 15.7. The molecule has 0 N–H and O–H groups in total. The van der Waals surface area contributed by atoms with Crippen molar-refractivity contribution in [1.29, 1.82) is 0 Å². The van der Waals surface area contributed by atoms with Gasteiger partial charge in [0.25, 0.3) is 0 Å². The van der Waals surface area contributed by atoms with Crippen molar-refractivity contribution in [3.05, 3.63) is 23.3 Å². The summed E-state index contributed by atoms with van der Waals surface area (Å²) in [7, 11) is 0. The van der Waals surface area contributed by atoms with E-state index in [0.717, 1.165) is 32.1 Å². The van der Waals surface area contributed by atoms with Crippen molar-refractivity contribution >= 4 is 11.6 Å². The van der Waals surface area contributed by atoms with Crippen LogP contribution in [0.25, 0.3) is 0 Å². The lowest BCUT2D eigenvalue weighted by atomic mass is 9.51. The van der Waals surface area contributed by atoms with Gasteiger partial charge in [0.2, 0.25) is 0 Å². The summed E-state index contributed by atoms with van der Waals surface area (Å²) in [5.74, 6) is 0.435. The van der Waals surface area contributed by atoms with Crippen LogP contribution in [0, 0.1) is 10.8 Å². The molecule has 2 bridgehead atoms. The summed E-state index contributed by atoms with van der Waals surface area (Å²) in [5, 5.41) is 0. The molecule has 0 aliphatic heterocycles. The molecule has 2 rings (SSSR count). The first-order valence-corrected chi connectivity index (χ1v) is 8.17. The van der Waals surface area contributed by atoms with Crippen LogP contribution in [-0.4, -0.2) is 11.6 Å². The van der Waals surface area contributed by atoms with Gasteiger partial charge in [0.05, 0.1) is 5.41 Å². The first-order valence-electron chi connectivity index (χ1n) is 8.17. The van der Waals surface area contributed by atoms with Gasteiger partial charge in [-0.15, -0.1) is 0 Å². The average Bonchev–Trinajstić information content (AvgIpc) is 2.41. The van der Waals surface area contributed by atoms with Gasteiger partial charge in [-0.25, -0.2) is 0 Å². The summed E-state index contributed by atoms with van der Waals surface area (Å²) >= 11 is 0. The second-order valence-electron chi connectivity index (χ2n) is 7.44. The van der Waals surface area contributed by atoms with Crippen LogP contribution in [0.4, 0.5) is 0 Å². The van der Waals surface area contributed by atoms with Crippen LogP contribution in [0.5, 0.6) is 0 Å². The highest BCUT2D eigenvalue weighted by Crippen LogP contribution is 2.54. The molecular formula is C19H28O2. The molecule has 0 saturated heterocycles. The van der Waals surface area contributed by atoms with Crippen molar-refractivity contribution in [2.24, 2.45) is 10.8 Å². The fraction of sp³-hybridized carbons (Fsp3) is 0.684. The molecule has 0 amide bonds. The van der Waals surface area contributed by atoms with Crippen LogP contribution in [0.2, 0.25) is 0 Å². The Labute approximate surface area is 128 Å². The minimum absolute atomic E-state index is 0.192. The van der Waals surface area contributed by atoms with E-state index in [0.29, 0.717) is 12.8 Å². The number of Topliss-reactive ketones (excluding diaryl/α,β-unsaturated/α-hetero) is 2. The number of allylic oxidation sites excluding steroid dienone is 4. The maximum Gasteiger partial charge on any atom is 0.153 e. The monoisotopic (exact) mass is 288 g/mol. The Balaban J connectivity index is 2.35. The van der Waals surface area contributed by atoms with Gasteiger partial charge >= 0.3 is 0 Å². The predicted octanol–water partition coefficient (Wildman–Crippen LogP) is 4.79. The molecule has 0 aromatic heterocycles. The molecule has 116 valence electrons. The lowest BCUT2D eigenvalue weighted by Crippen LogP contribution is -2.55. The van der Waals surface area contributed by atoms with Gasteiger partial charge < -0.3 is 0 Å². The number of carbonyl (C=O) groups is 2. The molecule has 2 nitrogen and oxygen atoms in total. The number of hydrogen-bond acceptors (Lipinski definition) is 2. The van der Waals surface area contributed by atoms with Crippen LogP contribution in [0.1, 0.15) is 72.6 Å². The molecule has 0 aromatic carbocycles. The van der Waals surface area contributed by atoms with E-state index in [2.05, 4.69) is 26.0 Å². The highest BCUT2D eigenvalue weighted by Gasteiger charge is 2.58. The van der Waals surface area contributed by atoms with Crippen molar-refractivity contribution in [3.8, 4) is 0 Å². The van der Waals surface area contributed by atoms with Gasteiger partial charge in [-0.3, -0.25) is 9.59 Å². The number of rotatable bonds is 4. The molecule has 2 heteroatoms. The molecule has 0 radical (unpaired) electrons. The SMILES string of the molecule is CC(C)=CCC12CCCC(CC=C(C)C)(C(=O)CC1)C2=O. The quantitative estimate of drug-likeness (QED) is 0.550. The Morgan fingerprint density at radius 2 is 1.57 bits per heavy atom. The molecule has 2 aliphatic carbocycles. The molecule has 2 fully saturated rings. The molecule has 2 unspecified atom stereocenters. The van der Waals surface area contributed by atoms with Crippen molar-refractivity contribution < 1.29 is 9.59 Å². The highest BCUT2D eigenvalue weighted by molar-refractivity contribution is 6.12. The van der Waals surface area contributed by atoms with Crippen LogP contribution < -0.4 is 0 Å². The van der Waals surface area contributed by atoms with Gasteiger partial charge in [0.15, 0.2) is 5.78 Å². The molecule has 2 aliphatic rings. The van der Waals surface area contributed by atoms with E-state index in [9.17, 15) is 9.59 Å². The van der Waals surface area contributed by atoms with Crippen molar-refractivity contribution in [3.63, 3.8) is 0 Å². The van der Waals surface area contributed by atoms with E-state index in [4.69, 9.17) is 0 Å². The van der Waals surface area contributed by atoms with Gasteiger partial charge in [-0.05, 0) is 59.8 Å². The van der Waals surface area contributed by atoms with Crippen LogP contribution in [0.15, 0.2) is 23.3 Å². The zero-order valence-electron chi connectivity index (χ0n) is 13.9. The molecule has 21 heavy (non-hydrogen) atoms. The smallest absolute Gasteiger partial charge is 0.153 e. The number of carbonyl (C=O) groups excluding carboxylic acids is 2. The Hall–Kier alpha value is -1.18. The second kappa shape index (κ2) is 5.90. The summed E-state index contributed by atoms with van der Waals surface area (Å²) in [6, 6.07) is 0. The van der Waals surface area contributed by atoms with E-state index < -0.39 is 5.41 Å². The fourth-order valence-electron chi connectivity index (χ4n) is 3.94. The average molecular weight is 288 g/mol. The van der Waals surface area contributed by atoms with Crippen LogP contribution in [-0.2, 0) is 9.59 Å². The maximum atomic E-state index is 13.2. The van der Waals surface area contributed by atoms with E-state index >= 15 is 0 Å². The fourth-order valence-corrected chi connectivity index (χ4v) is 3.94. The topological polar surface area (TPSA) is 34.1 Å². The first-order chi connectivity index (χ1) is 9.82. The van der Waals surface area contributed by atoms with E-state index in [1.54, 1.807) is 0 Å². The normalized spacial score (nSPS) is 31.8. The van der Waals surface area contributed by atoms with E-state index in [1.807, 2.05) is 13.8 Å². The highest BCUT2D eigenvalue weighted by atomic mass is 16.2. The first kappa shape index (κ1) is 16.2. The second-order valence-corrected chi connectivity index (χ2v) is 7.44. The summed E-state index contributed by atoms with van der Waals surface area (Å²) in [6.07, 6.45) is 9.75. The molecule has 2 atom stereocenters. The number of ketones is 2. The molecule has 0 spiro atoms. The Bertz CT molecular complexity index is 504. The lowest BCUT2D eigenvalue weighted by Gasteiger charge is -2.49. The van der Waals surface area contributed by atoms with Gasteiger partial charge in [-0.1, -0.05) is 29.7 Å². The van der Waals surface area contributed by atoms with Crippen LogP contribution >= 0.6 is 0 Å². The molecule has 0 aromatic rings. The minimum atomic E-state index is -0.705. The minimum Gasteiger partial charge on any atom is -0.299 e. The maximum absolute atomic E-state index is 13.2. The third-order valence-corrected chi connectivity index (χ3v) is 5.30. The van der Waals surface area contributed by atoms with Gasteiger partial charge in [-0.2, -0.15) is 0 Å². The van der Waals surface area contributed by atoms with Crippen molar-refractivity contribution in [2.45, 2.75) is 72.6 Å². The van der Waals surface area contributed by atoms with Gasteiger partial charge in [0, 0.05) is 11.8 Å². The van der Waals surface area contributed by atoms with Crippen molar-refractivity contribution in [1.82, 2.24) is 0 Å². The summed E-state index contributed by atoms with van der Waals surface area (Å²) < 4.78 is 0. The molecular weight excluding hydrogens is 260 g/mol. The summed E-state index contributed by atoms with van der Waals surface area (Å²) in [5.41, 5.74) is 1.48.